The summed E-state index contributed by atoms with van der Waals surface area (Å²) in [5.74, 6) is 2.35. The van der Waals surface area contributed by atoms with Crippen molar-refractivity contribution in [3.05, 3.63) is 0 Å². The van der Waals surface area contributed by atoms with E-state index in [9.17, 15) is 5.11 Å². The second kappa shape index (κ2) is 13.2. The fraction of sp³-hybridized carbons (Fsp3) is 1.00. The first-order chi connectivity index (χ1) is 10.7. The van der Waals surface area contributed by atoms with Crippen molar-refractivity contribution >= 4 is 0 Å². The van der Waals surface area contributed by atoms with Gasteiger partial charge in [0.15, 0.2) is 6.29 Å². The van der Waals surface area contributed by atoms with Gasteiger partial charge in [0, 0.05) is 0 Å². The standard InChI is InChI=1S/C20H42O3/c1-15(2)9-6-10-16(3)11-7-12-17(4)13-8-14-18(5)19(21)20(22)23/h15-23H,6-14H2,1-5H3. The van der Waals surface area contributed by atoms with Crippen LogP contribution >= 0.6 is 0 Å². The van der Waals surface area contributed by atoms with E-state index in [1.54, 1.807) is 0 Å². The number of rotatable bonds is 14. The normalized spacial score (nSPS) is 17.5. The summed E-state index contributed by atoms with van der Waals surface area (Å²) in [7, 11) is 0. The summed E-state index contributed by atoms with van der Waals surface area (Å²) in [6.07, 6.45) is 8.48. The molecule has 0 amide bonds. The van der Waals surface area contributed by atoms with Crippen molar-refractivity contribution in [2.75, 3.05) is 0 Å². The molecule has 0 aliphatic heterocycles. The van der Waals surface area contributed by atoms with Crippen LogP contribution in [-0.4, -0.2) is 27.7 Å². The van der Waals surface area contributed by atoms with Gasteiger partial charge in [-0.3, -0.25) is 0 Å². The monoisotopic (exact) mass is 330 g/mol. The van der Waals surface area contributed by atoms with Gasteiger partial charge in [-0.1, -0.05) is 86.0 Å². The van der Waals surface area contributed by atoms with E-state index in [-0.39, 0.29) is 5.92 Å². The van der Waals surface area contributed by atoms with Crippen molar-refractivity contribution in [2.45, 2.75) is 105 Å². The van der Waals surface area contributed by atoms with Crippen LogP contribution in [0.1, 0.15) is 92.4 Å². The first-order valence-corrected chi connectivity index (χ1v) is 9.78. The zero-order valence-electron chi connectivity index (χ0n) is 16.2. The highest BCUT2D eigenvalue weighted by atomic mass is 16.5. The Morgan fingerprint density at radius 2 is 0.957 bits per heavy atom. The molecule has 0 saturated heterocycles. The van der Waals surface area contributed by atoms with Gasteiger partial charge in [-0.25, -0.2) is 0 Å². The zero-order chi connectivity index (χ0) is 17.8. The first-order valence-electron chi connectivity index (χ1n) is 9.78. The lowest BCUT2D eigenvalue weighted by atomic mass is 9.90. The summed E-state index contributed by atoms with van der Waals surface area (Å²) in [6.45, 7) is 11.2. The van der Waals surface area contributed by atoms with Gasteiger partial charge in [0.05, 0.1) is 0 Å². The Kier molecular flexibility index (Phi) is 13.1. The lowest BCUT2D eigenvalue weighted by Crippen LogP contribution is -2.31. The SMILES string of the molecule is CC(C)CCCC(C)CCCC(C)CCCC(C)C(O)C(O)O. The molecule has 140 valence electrons. The van der Waals surface area contributed by atoms with E-state index < -0.39 is 12.4 Å². The molecule has 0 aliphatic rings. The predicted octanol–water partition coefficient (Wildman–Crippen LogP) is 4.73. The third kappa shape index (κ3) is 12.9. The first kappa shape index (κ1) is 22.9. The smallest absolute Gasteiger partial charge is 0.178 e. The fourth-order valence-corrected chi connectivity index (χ4v) is 3.23. The molecule has 0 aliphatic carbocycles. The lowest BCUT2D eigenvalue weighted by molar-refractivity contribution is -0.139. The number of hydrogen-bond donors (Lipinski definition) is 3. The summed E-state index contributed by atoms with van der Waals surface area (Å²) < 4.78 is 0. The average Bonchev–Trinajstić information content (AvgIpc) is 2.45. The van der Waals surface area contributed by atoms with Crippen LogP contribution in [0.3, 0.4) is 0 Å². The fourth-order valence-electron chi connectivity index (χ4n) is 3.23. The highest BCUT2D eigenvalue weighted by molar-refractivity contribution is 4.67. The van der Waals surface area contributed by atoms with E-state index in [1.165, 1.54) is 44.9 Å². The lowest BCUT2D eigenvalue weighted by Gasteiger charge is -2.21. The number of hydrogen-bond acceptors (Lipinski definition) is 3. The molecule has 4 atom stereocenters. The summed E-state index contributed by atoms with van der Waals surface area (Å²) in [5.41, 5.74) is 0. The minimum absolute atomic E-state index is 0.0526. The molecule has 0 saturated carbocycles. The third-order valence-electron chi connectivity index (χ3n) is 5.12. The maximum Gasteiger partial charge on any atom is 0.178 e. The van der Waals surface area contributed by atoms with Gasteiger partial charge >= 0.3 is 0 Å². The van der Waals surface area contributed by atoms with E-state index >= 15 is 0 Å². The Balaban J connectivity index is 3.62. The Morgan fingerprint density at radius 1 is 0.565 bits per heavy atom. The largest absolute Gasteiger partial charge is 0.388 e. The molecule has 0 radical (unpaired) electrons. The predicted molar refractivity (Wildman–Crippen MR) is 98.1 cm³/mol. The summed E-state index contributed by atoms with van der Waals surface area (Å²) in [4.78, 5) is 0. The Hall–Kier alpha value is -0.120. The maximum absolute atomic E-state index is 9.57. The molecule has 23 heavy (non-hydrogen) atoms. The van der Waals surface area contributed by atoms with Crippen molar-refractivity contribution in [3.63, 3.8) is 0 Å². The molecule has 3 heteroatoms. The molecule has 4 unspecified atom stereocenters. The molecule has 0 aromatic heterocycles. The van der Waals surface area contributed by atoms with E-state index in [4.69, 9.17) is 10.2 Å². The van der Waals surface area contributed by atoms with Crippen LogP contribution < -0.4 is 0 Å². The Morgan fingerprint density at radius 3 is 1.35 bits per heavy atom. The highest BCUT2D eigenvalue weighted by Gasteiger charge is 2.20. The molecular weight excluding hydrogens is 288 g/mol. The van der Waals surface area contributed by atoms with Crippen LogP contribution in [0.25, 0.3) is 0 Å². The molecular formula is C20H42O3. The minimum Gasteiger partial charge on any atom is -0.388 e. The van der Waals surface area contributed by atoms with Crippen LogP contribution in [0, 0.1) is 23.7 Å². The Bertz CT molecular complexity index is 266. The van der Waals surface area contributed by atoms with Crippen molar-refractivity contribution in [1.29, 1.82) is 0 Å². The minimum atomic E-state index is -1.61. The zero-order valence-corrected chi connectivity index (χ0v) is 16.2. The van der Waals surface area contributed by atoms with Crippen LogP contribution in [0.4, 0.5) is 0 Å². The Labute approximate surface area is 144 Å². The van der Waals surface area contributed by atoms with Crippen LogP contribution in [0.5, 0.6) is 0 Å². The molecule has 0 spiro atoms. The van der Waals surface area contributed by atoms with Crippen molar-refractivity contribution < 1.29 is 15.3 Å². The number of aliphatic hydroxyl groups excluding tert-OH is 2. The maximum atomic E-state index is 9.57. The van der Waals surface area contributed by atoms with Crippen LogP contribution in [-0.2, 0) is 0 Å². The summed E-state index contributed by atoms with van der Waals surface area (Å²) in [5, 5.41) is 27.5. The van der Waals surface area contributed by atoms with Crippen LogP contribution in [0.2, 0.25) is 0 Å². The summed E-state index contributed by atoms with van der Waals surface area (Å²) in [6, 6.07) is 0. The van der Waals surface area contributed by atoms with Gasteiger partial charge in [-0.05, 0) is 30.1 Å². The van der Waals surface area contributed by atoms with E-state index in [0.717, 1.165) is 30.6 Å². The van der Waals surface area contributed by atoms with Crippen LogP contribution in [0.15, 0.2) is 0 Å². The summed E-state index contributed by atoms with van der Waals surface area (Å²) >= 11 is 0. The van der Waals surface area contributed by atoms with Gasteiger partial charge in [0.1, 0.15) is 6.10 Å². The second-order valence-electron chi connectivity index (χ2n) is 8.28. The van der Waals surface area contributed by atoms with E-state index in [0.29, 0.717) is 0 Å². The van der Waals surface area contributed by atoms with Gasteiger partial charge < -0.3 is 15.3 Å². The average molecular weight is 331 g/mol. The topological polar surface area (TPSA) is 60.7 Å². The van der Waals surface area contributed by atoms with E-state index in [2.05, 4.69) is 27.7 Å². The van der Waals surface area contributed by atoms with Gasteiger partial charge in [0.2, 0.25) is 0 Å². The molecule has 0 aromatic carbocycles. The van der Waals surface area contributed by atoms with Gasteiger partial charge in [-0.15, -0.1) is 0 Å². The molecule has 0 fully saturated rings. The van der Waals surface area contributed by atoms with Crippen molar-refractivity contribution in [3.8, 4) is 0 Å². The quantitative estimate of drug-likeness (QED) is 0.403. The molecule has 3 N–H and O–H groups in total. The van der Waals surface area contributed by atoms with Gasteiger partial charge in [-0.2, -0.15) is 0 Å². The van der Waals surface area contributed by atoms with Crippen molar-refractivity contribution in [1.82, 2.24) is 0 Å². The van der Waals surface area contributed by atoms with E-state index in [1.807, 2.05) is 6.92 Å². The molecule has 0 bridgehead atoms. The van der Waals surface area contributed by atoms with Crippen molar-refractivity contribution in [2.24, 2.45) is 23.7 Å². The molecule has 0 aromatic rings. The second-order valence-corrected chi connectivity index (χ2v) is 8.28. The highest BCUT2D eigenvalue weighted by Crippen LogP contribution is 2.23. The third-order valence-corrected chi connectivity index (χ3v) is 5.12. The molecule has 3 nitrogen and oxygen atoms in total. The number of aliphatic hydroxyl groups is 3. The van der Waals surface area contributed by atoms with Gasteiger partial charge in [0.25, 0.3) is 0 Å². The molecule has 0 heterocycles. The molecule has 0 rings (SSSR count).